The molecular formula is C17H33NO2. The fourth-order valence-electron chi connectivity index (χ4n) is 2.60. The molecule has 118 valence electrons. The van der Waals surface area contributed by atoms with Gasteiger partial charge in [-0.2, -0.15) is 0 Å². The van der Waals surface area contributed by atoms with E-state index in [1.807, 2.05) is 6.92 Å². The first-order valence-corrected chi connectivity index (χ1v) is 8.44. The molecule has 1 aliphatic heterocycles. The summed E-state index contributed by atoms with van der Waals surface area (Å²) < 4.78 is 5.63. The molecule has 3 nitrogen and oxygen atoms in total. The van der Waals surface area contributed by atoms with Gasteiger partial charge in [0.15, 0.2) is 5.90 Å². The van der Waals surface area contributed by atoms with E-state index in [2.05, 4.69) is 18.8 Å². The van der Waals surface area contributed by atoms with Crippen molar-refractivity contribution in [2.75, 3.05) is 13.2 Å². The summed E-state index contributed by atoms with van der Waals surface area (Å²) in [4.78, 5) is 4.53. The number of aliphatic imine (C=N–C) groups is 1. The van der Waals surface area contributed by atoms with Crippen LogP contribution in [-0.4, -0.2) is 29.8 Å². The van der Waals surface area contributed by atoms with Crippen LogP contribution in [0.5, 0.6) is 0 Å². The smallest absolute Gasteiger partial charge is 0.186 e. The molecule has 2 unspecified atom stereocenters. The number of hydrogen-bond acceptors (Lipinski definition) is 3. The monoisotopic (exact) mass is 283 g/mol. The molecular weight excluding hydrogens is 250 g/mol. The van der Waals surface area contributed by atoms with Crippen molar-refractivity contribution in [2.24, 2.45) is 10.9 Å². The third-order valence-corrected chi connectivity index (χ3v) is 4.16. The molecule has 0 aromatic rings. The summed E-state index contributed by atoms with van der Waals surface area (Å²) in [5.41, 5.74) is -0.400. The Morgan fingerprint density at radius 2 is 1.75 bits per heavy atom. The Morgan fingerprint density at radius 3 is 2.30 bits per heavy atom. The van der Waals surface area contributed by atoms with Crippen LogP contribution in [0.3, 0.4) is 0 Å². The third kappa shape index (κ3) is 6.25. The highest BCUT2D eigenvalue weighted by Gasteiger charge is 2.32. The van der Waals surface area contributed by atoms with Gasteiger partial charge in [0.2, 0.25) is 0 Å². The van der Waals surface area contributed by atoms with Gasteiger partial charge in [0, 0.05) is 5.92 Å². The first-order valence-electron chi connectivity index (χ1n) is 8.44. The Morgan fingerprint density at radius 1 is 1.15 bits per heavy atom. The normalized spacial score (nSPS) is 23.5. The Labute approximate surface area is 124 Å². The first kappa shape index (κ1) is 17.5. The van der Waals surface area contributed by atoms with Gasteiger partial charge in [0.1, 0.15) is 12.1 Å². The van der Waals surface area contributed by atoms with Crippen molar-refractivity contribution in [2.45, 2.75) is 84.1 Å². The van der Waals surface area contributed by atoms with Gasteiger partial charge in [-0.25, -0.2) is 4.99 Å². The molecule has 0 aromatic heterocycles. The number of rotatable bonds is 11. The van der Waals surface area contributed by atoms with Gasteiger partial charge in [0.25, 0.3) is 0 Å². The fraction of sp³-hybridized carbons (Fsp3) is 0.941. The van der Waals surface area contributed by atoms with E-state index in [4.69, 9.17) is 4.74 Å². The van der Waals surface area contributed by atoms with Crippen LogP contribution >= 0.6 is 0 Å². The molecule has 0 aromatic carbocycles. The minimum absolute atomic E-state index is 0.0704. The lowest BCUT2D eigenvalue weighted by molar-refractivity contribution is 0.167. The fourth-order valence-corrected chi connectivity index (χ4v) is 2.60. The van der Waals surface area contributed by atoms with Crippen molar-refractivity contribution in [3.05, 3.63) is 0 Å². The molecule has 0 fully saturated rings. The van der Waals surface area contributed by atoms with Crippen LogP contribution in [0.25, 0.3) is 0 Å². The molecule has 1 aliphatic rings. The standard InChI is InChI=1S/C17H33NO2/c1-4-5-6-7-8-9-10-11-12-15(2)16-18-17(3,13-19)14-20-16/h15,19H,4-14H2,1-3H3. The zero-order valence-electron chi connectivity index (χ0n) is 13.7. The molecule has 0 spiro atoms. The maximum absolute atomic E-state index is 9.27. The number of unbranched alkanes of at least 4 members (excludes halogenated alkanes) is 7. The lowest BCUT2D eigenvalue weighted by atomic mass is 10.0. The van der Waals surface area contributed by atoms with Crippen LogP contribution in [0.1, 0.15) is 78.6 Å². The van der Waals surface area contributed by atoms with E-state index in [9.17, 15) is 5.11 Å². The van der Waals surface area contributed by atoms with Crippen LogP contribution in [0, 0.1) is 5.92 Å². The first-order chi connectivity index (χ1) is 9.61. The summed E-state index contributed by atoms with van der Waals surface area (Å²) in [5.74, 6) is 1.24. The second-order valence-corrected chi connectivity index (χ2v) is 6.56. The number of ether oxygens (including phenoxy) is 1. The van der Waals surface area contributed by atoms with Crippen LogP contribution < -0.4 is 0 Å². The van der Waals surface area contributed by atoms with E-state index in [0.717, 1.165) is 12.3 Å². The van der Waals surface area contributed by atoms with Crippen LogP contribution in [-0.2, 0) is 4.74 Å². The van der Waals surface area contributed by atoms with Crippen molar-refractivity contribution in [1.82, 2.24) is 0 Å². The Balaban J connectivity index is 2.06. The van der Waals surface area contributed by atoms with E-state index in [1.54, 1.807) is 0 Å². The Hall–Kier alpha value is -0.570. The lowest BCUT2D eigenvalue weighted by Crippen LogP contribution is -2.28. The molecule has 1 heterocycles. The summed E-state index contributed by atoms with van der Waals surface area (Å²) in [6.45, 7) is 6.99. The topological polar surface area (TPSA) is 41.8 Å². The minimum atomic E-state index is -0.400. The molecule has 3 heteroatoms. The number of aliphatic hydroxyl groups is 1. The van der Waals surface area contributed by atoms with Gasteiger partial charge in [-0.15, -0.1) is 0 Å². The predicted octanol–water partition coefficient (Wildman–Crippen LogP) is 4.33. The molecule has 1 N–H and O–H groups in total. The lowest BCUT2D eigenvalue weighted by Gasteiger charge is -2.12. The van der Waals surface area contributed by atoms with Crippen molar-refractivity contribution < 1.29 is 9.84 Å². The minimum Gasteiger partial charge on any atom is -0.478 e. The maximum Gasteiger partial charge on any atom is 0.186 e. The zero-order chi connectivity index (χ0) is 14.8. The summed E-state index contributed by atoms with van der Waals surface area (Å²) >= 11 is 0. The van der Waals surface area contributed by atoms with E-state index >= 15 is 0 Å². The average molecular weight is 283 g/mol. The Kier molecular flexibility index (Phi) is 8.20. The van der Waals surface area contributed by atoms with Crippen LogP contribution in [0.15, 0.2) is 4.99 Å². The number of nitrogens with zero attached hydrogens (tertiary/aromatic N) is 1. The van der Waals surface area contributed by atoms with Crippen molar-refractivity contribution >= 4 is 5.90 Å². The van der Waals surface area contributed by atoms with Gasteiger partial charge in [-0.3, -0.25) is 0 Å². The van der Waals surface area contributed by atoms with Crippen LogP contribution in [0.2, 0.25) is 0 Å². The SMILES string of the molecule is CCCCCCCCCCC(C)C1=NC(C)(CO)CO1. The molecule has 0 radical (unpaired) electrons. The van der Waals surface area contributed by atoms with Gasteiger partial charge in [0.05, 0.1) is 6.61 Å². The summed E-state index contributed by atoms with van der Waals surface area (Å²) in [6.07, 6.45) is 12.0. The highest BCUT2D eigenvalue weighted by atomic mass is 16.5. The highest BCUT2D eigenvalue weighted by molar-refractivity contribution is 5.80. The summed E-state index contributed by atoms with van der Waals surface area (Å²) in [5, 5.41) is 9.27. The molecule has 0 bridgehead atoms. The quantitative estimate of drug-likeness (QED) is 0.573. The average Bonchev–Trinajstić information content (AvgIpc) is 2.85. The molecule has 2 atom stereocenters. The zero-order valence-corrected chi connectivity index (χ0v) is 13.7. The molecule has 0 saturated heterocycles. The maximum atomic E-state index is 9.27. The summed E-state index contributed by atoms with van der Waals surface area (Å²) in [6, 6.07) is 0. The molecule has 20 heavy (non-hydrogen) atoms. The number of hydrogen-bond donors (Lipinski definition) is 1. The van der Waals surface area contributed by atoms with E-state index in [-0.39, 0.29) is 6.61 Å². The number of aliphatic hydroxyl groups excluding tert-OH is 1. The van der Waals surface area contributed by atoms with Crippen LogP contribution in [0.4, 0.5) is 0 Å². The molecule has 1 rings (SSSR count). The van der Waals surface area contributed by atoms with Gasteiger partial charge in [-0.1, -0.05) is 65.2 Å². The van der Waals surface area contributed by atoms with Crippen molar-refractivity contribution in [1.29, 1.82) is 0 Å². The van der Waals surface area contributed by atoms with E-state index in [1.165, 1.54) is 51.4 Å². The van der Waals surface area contributed by atoms with Gasteiger partial charge >= 0.3 is 0 Å². The van der Waals surface area contributed by atoms with Gasteiger partial charge in [-0.05, 0) is 13.3 Å². The molecule has 0 amide bonds. The molecule has 0 saturated carbocycles. The van der Waals surface area contributed by atoms with E-state index < -0.39 is 5.54 Å². The van der Waals surface area contributed by atoms with Crippen molar-refractivity contribution in [3.8, 4) is 0 Å². The Bertz CT molecular complexity index is 291. The second kappa shape index (κ2) is 9.38. The third-order valence-electron chi connectivity index (χ3n) is 4.16. The molecule has 0 aliphatic carbocycles. The largest absolute Gasteiger partial charge is 0.478 e. The van der Waals surface area contributed by atoms with Crippen molar-refractivity contribution in [3.63, 3.8) is 0 Å². The van der Waals surface area contributed by atoms with Gasteiger partial charge < -0.3 is 9.84 Å². The highest BCUT2D eigenvalue weighted by Crippen LogP contribution is 2.23. The van der Waals surface area contributed by atoms with E-state index in [0.29, 0.717) is 12.5 Å². The predicted molar refractivity (Wildman–Crippen MR) is 85.3 cm³/mol. The summed E-state index contributed by atoms with van der Waals surface area (Å²) in [7, 11) is 0. The second-order valence-electron chi connectivity index (χ2n) is 6.56.